The van der Waals surface area contributed by atoms with Gasteiger partial charge in [-0.05, 0) is 49.8 Å². The summed E-state index contributed by atoms with van der Waals surface area (Å²) in [7, 11) is 0. The average molecular weight is 203 g/mol. The zero-order valence-corrected chi connectivity index (χ0v) is 9.79. The van der Waals surface area contributed by atoms with Crippen molar-refractivity contribution in [3.05, 3.63) is 35.4 Å². The first-order valence-corrected chi connectivity index (χ1v) is 6.10. The predicted octanol–water partition coefficient (Wildman–Crippen LogP) is 3.24. The molecule has 2 unspecified atom stereocenters. The van der Waals surface area contributed by atoms with Crippen molar-refractivity contribution in [1.29, 1.82) is 0 Å². The third-order valence-corrected chi connectivity index (χ3v) is 3.55. The fourth-order valence-corrected chi connectivity index (χ4v) is 2.78. The molecule has 1 saturated carbocycles. The molecular weight excluding hydrogens is 182 g/mol. The van der Waals surface area contributed by atoms with Crippen LogP contribution in [0.2, 0.25) is 0 Å². The van der Waals surface area contributed by atoms with E-state index in [1.807, 2.05) is 0 Å². The summed E-state index contributed by atoms with van der Waals surface area (Å²) >= 11 is 0. The summed E-state index contributed by atoms with van der Waals surface area (Å²) in [5, 5.41) is 3.56. The summed E-state index contributed by atoms with van der Waals surface area (Å²) in [6.45, 7) is 5.53. The Balaban J connectivity index is 2.04. The minimum Gasteiger partial charge on any atom is -0.314 e. The quantitative estimate of drug-likeness (QED) is 0.795. The number of hydrogen-bond acceptors (Lipinski definition) is 1. The van der Waals surface area contributed by atoms with Crippen molar-refractivity contribution in [3.8, 4) is 0 Å². The molecule has 2 rings (SSSR count). The normalized spacial score (nSPS) is 25.7. The van der Waals surface area contributed by atoms with E-state index < -0.39 is 0 Å². The maximum atomic E-state index is 3.56. The molecule has 1 heteroatoms. The summed E-state index contributed by atoms with van der Waals surface area (Å²) in [6.07, 6.45) is 4.01. The van der Waals surface area contributed by atoms with Gasteiger partial charge < -0.3 is 5.32 Å². The van der Waals surface area contributed by atoms with E-state index in [0.717, 1.165) is 18.5 Å². The van der Waals surface area contributed by atoms with Gasteiger partial charge in [-0.1, -0.05) is 31.2 Å². The fourth-order valence-electron chi connectivity index (χ4n) is 2.78. The Morgan fingerprint density at radius 1 is 1.27 bits per heavy atom. The van der Waals surface area contributed by atoms with Gasteiger partial charge in [-0.2, -0.15) is 0 Å². The molecule has 1 fully saturated rings. The summed E-state index contributed by atoms with van der Waals surface area (Å²) in [6, 6.07) is 9.59. The first kappa shape index (κ1) is 10.7. The Kier molecular flexibility index (Phi) is 3.42. The Labute approximate surface area is 92.9 Å². The Bertz CT molecular complexity index is 319. The highest BCUT2D eigenvalue weighted by Gasteiger charge is 2.25. The first-order chi connectivity index (χ1) is 7.31. The number of rotatable bonds is 3. The molecule has 1 aliphatic carbocycles. The molecule has 0 aromatic heterocycles. The zero-order chi connectivity index (χ0) is 10.7. The lowest BCUT2D eigenvalue weighted by Gasteiger charge is -2.14. The van der Waals surface area contributed by atoms with Gasteiger partial charge in [-0.3, -0.25) is 0 Å². The summed E-state index contributed by atoms with van der Waals surface area (Å²) in [5.41, 5.74) is 3.03. The summed E-state index contributed by atoms with van der Waals surface area (Å²) < 4.78 is 0. The van der Waals surface area contributed by atoms with Crippen LogP contribution in [0.3, 0.4) is 0 Å². The van der Waals surface area contributed by atoms with Crippen LogP contribution in [0.15, 0.2) is 24.3 Å². The molecule has 1 nitrogen and oxygen atoms in total. The van der Waals surface area contributed by atoms with Crippen molar-refractivity contribution >= 4 is 0 Å². The maximum Gasteiger partial charge on any atom is 0.00729 e. The second-order valence-corrected chi connectivity index (χ2v) is 4.62. The van der Waals surface area contributed by atoms with Crippen LogP contribution in [0.5, 0.6) is 0 Å². The van der Waals surface area contributed by atoms with E-state index in [1.54, 1.807) is 5.56 Å². The maximum absolute atomic E-state index is 3.56. The van der Waals surface area contributed by atoms with Gasteiger partial charge in [-0.25, -0.2) is 0 Å². The first-order valence-electron chi connectivity index (χ1n) is 6.10. The molecule has 1 aromatic carbocycles. The van der Waals surface area contributed by atoms with E-state index in [0.29, 0.717) is 0 Å². The zero-order valence-electron chi connectivity index (χ0n) is 9.79. The largest absolute Gasteiger partial charge is 0.314 e. The van der Waals surface area contributed by atoms with Gasteiger partial charge in [-0.15, -0.1) is 0 Å². The van der Waals surface area contributed by atoms with Crippen molar-refractivity contribution in [2.45, 2.75) is 45.1 Å². The molecule has 15 heavy (non-hydrogen) atoms. The van der Waals surface area contributed by atoms with E-state index in [9.17, 15) is 0 Å². The lowest BCUT2D eigenvalue weighted by atomic mass is 9.93. The lowest BCUT2D eigenvalue weighted by molar-refractivity contribution is 0.534. The third-order valence-electron chi connectivity index (χ3n) is 3.55. The van der Waals surface area contributed by atoms with Crippen LogP contribution in [0.4, 0.5) is 0 Å². The van der Waals surface area contributed by atoms with Gasteiger partial charge in [0.1, 0.15) is 0 Å². The van der Waals surface area contributed by atoms with Crippen molar-refractivity contribution in [2.24, 2.45) is 0 Å². The van der Waals surface area contributed by atoms with Crippen LogP contribution in [0.25, 0.3) is 0 Å². The molecule has 0 amide bonds. The van der Waals surface area contributed by atoms with Crippen LogP contribution < -0.4 is 5.32 Å². The highest BCUT2D eigenvalue weighted by molar-refractivity contribution is 5.30. The number of hydrogen-bond donors (Lipinski definition) is 1. The van der Waals surface area contributed by atoms with Crippen molar-refractivity contribution in [2.75, 3.05) is 6.54 Å². The smallest absolute Gasteiger partial charge is 0.00729 e. The Morgan fingerprint density at radius 2 is 2.07 bits per heavy atom. The molecule has 0 radical (unpaired) electrons. The SMILES string of the molecule is CCNC1CCC(c2ccccc2C)C1. The Hall–Kier alpha value is -0.820. The van der Waals surface area contributed by atoms with E-state index in [-0.39, 0.29) is 0 Å². The topological polar surface area (TPSA) is 12.0 Å². The van der Waals surface area contributed by atoms with E-state index >= 15 is 0 Å². The van der Waals surface area contributed by atoms with Crippen molar-refractivity contribution < 1.29 is 0 Å². The van der Waals surface area contributed by atoms with Crippen LogP contribution in [-0.2, 0) is 0 Å². The summed E-state index contributed by atoms with van der Waals surface area (Å²) in [4.78, 5) is 0. The second-order valence-electron chi connectivity index (χ2n) is 4.62. The molecule has 1 N–H and O–H groups in total. The minimum absolute atomic E-state index is 0.750. The fraction of sp³-hybridized carbons (Fsp3) is 0.571. The van der Waals surface area contributed by atoms with Gasteiger partial charge in [0.05, 0.1) is 0 Å². The molecule has 2 atom stereocenters. The van der Waals surface area contributed by atoms with E-state index in [1.165, 1.54) is 24.8 Å². The molecule has 0 aliphatic heterocycles. The van der Waals surface area contributed by atoms with Crippen LogP contribution in [-0.4, -0.2) is 12.6 Å². The Morgan fingerprint density at radius 3 is 2.80 bits per heavy atom. The third kappa shape index (κ3) is 2.40. The lowest BCUT2D eigenvalue weighted by Crippen LogP contribution is -2.25. The molecule has 0 spiro atoms. The number of nitrogens with one attached hydrogen (secondary N) is 1. The van der Waals surface area contributed by atoms with Crippen molar-refractivity contribution in [1.82, 2.24) is 5.32 Å². The van der Waals surface area contributed by atoms with Gasteiger partial charge in [0.2, 0.25) is 0 Å². The minimum atomic E-state index is 0.750. The number of aryl methyl sites for hydroxylation is 1. The number of benzene rings is 1. The van der Waals surface area contributed by atoms with Crippen molar-refractivity contribution in [3.63, 3.8) is 0 Å². The van der Waals surface area contributed by atoms with Crippen LogP contribution >= 0.6 is 0 Å². The van der Waals surface area contributed by atoms with E-state index in [4.69, 9.17) is 0 Å². The van der Waals surface area contributed by atoms with Gasteiger partial charge in [0, 0.05) is 6.04 Å². The predicted molar refractivity (Wildman–Crippen MR) is 65.2 cm³/mol. The van der Waals surface area contributed by atoms with Gasteiger partial charge in [0.15, 0.2) is 0 Å². The molecule has 1 aliphatic rings. The van der Waals surface area contributed by atoms with Gasteiger partial charge >= 0.3 is 0 Å². The monoisotopic (exact) mass is 203 g/mol. The van der Waals surface area contributed by atoms with Gasteiger partial charge in [0.25, 0.3) is 0 Å². The van der Waals surface area contributed by atoms with Crippen LogP contribution in [0.1, 0.15) is 43.2 Å². The molecule has 0 heterocycles. The standard InChI is InChI=1S/C14H21N/c1-3-15-13-9-8-12(10-13)14-7-5-4-6-11(14)2/h4-7,12-13,15H,3,8-10H2,1-2H3. The highest BCUT2D eigenvalue weighted by Crippen LogP contribution is 2.35. The average Bonchev–Trinajstić information content (AvgIpc) is 2.68. The molecule has 82 valence electrons. The molecule has 0 saturated heterocycles. The second kappa shape index (κ2) is 4.80. The molecule has 0 bridgehead atoms. The highest BCUT2D eigenvalue weighted by atomic mass is 14.9. The van der Waals surface area contributed by atoms with E-state index in [2.05, 4.69) is 43.4 Å². The molecule has 1 aromatic rings. The van der Waals surface area contributed by atoms with Crippen LogP contribution in [0, 0.1) is 6.92 Å². The summed E-state index contributed by atoms with van der Waals surface area (Å²) in [5.74, 6) is 0.787. The molecular formula is C14H21N.